The molecule has 4 rings (SSSR count). The summed E-state index contributed by atoms with van der Waals surface area (Å²) in [6.07, 6.45) is 6.03. The van der Waals surface area contributed by atoms with Crippen molar-refractivity contribution in [3.63, 3.8) is 0 Å². The van der Waals surface area contributed by atoms with E-state index in [9.17, 15) is 15.0 Å². The van der Waals surface area contributed by atoms with Crippen molar-refractivity contribution in [2.45, 2.75) is 44.3 Å². The molecule has 1 spiro atoms. The topological polar surface area (TPSA) is 57.5 Å². The van der Waals surface area contributed by atoms with Gasteiger partial charge in [0, 0.05) is 11.8 Å². The largest absolute Gasteiger partial charge is 0.389 e. The van der Waals surface area contributed by atoms with Crippen molar-refractivity contribution in [2.75, 3.05) is 0 Å². The minimum Gasteiger partial charge on any atom is -0.389 e. The van der Waals surface area contributed by atoms with Crippen LogP contribution in [0.5, 0.6) is 0 Å². The van der Waals surface area contributed by atoms with Gasteiger partial charge in [-0.1, -0.05) is 6.08 Å². The Labute approximate surface area is 95.2 Å². The van der Waals surface area contributed by atoms with E-state index < -0.39 is 11.7 Å². The van der Waals surface area contributed by atoms with Crippen molar-refractivity contribution < 1.29 is 15.0 Å². The van der Waals surface area contributed by atoms with Gasteiger partial charge in [0.1, 0.15) is 0 Å². The number of aliphatic hydroxyl groups excluding tert-OH is 1. The Bertz CT molecular complexity index is 371. The zero-order valence-corrected chi connectivity index (χ0v) is 9.52. The van der Waals surface area contributed by atoms with Gasteiger partial charge in [-0.3, -0.25) is 4.79 Å². The number of allylic oxidation sites excluding steroid dienone is 1. The Balaban J connectivity index is 2.07. The fraction of sp³-hybridized carbons (Fsp3) is 0.769. The highest BCUT2D eigenvalue weighted by molar-refractivity contribution is 5.91. The van der Waals surface area contributed by atoms with Gasteiger partial charge in [0.25, 0.3) is 0 Å². The van der Waals surface area contributed by atoms with E-state index in [1.54, 1.807) is 13.0 Å². The monoisotopic (exact) mass is 222 g/mol. The van der Waals surface area contributed by atoms with Crippen LogP contribution in [0.1, 0.15) is 32.6 Å². The van der Waals surface area contributed by atoms with Crippen molar-refractivity contribution in [2.24, 2.45) is 17.3 Å². The molecule has 0 saturated heterocycles. The van der Waals surface area contributed by atoms with Crippen LogP contribution in [0.2, 0.25) is 0 Å². The molecule has 0 aliphatic heterocycles. The molecular weight excluding hydrogens is 204 g/mol. The summed E-state index contributed by atoms with van der Waals surface area (Å²) in [5.41, 5.74) is -1.33. The Morgan fingerprint density at radius 1 is 1.44 bits per heavy atom. The van der Waals surface area contributed by atoms with Gasteiger partial charge in [-0.15, -0.1) is 0 Å². The standard InChI is InChI=1S/C13H18O3/c1-12(16)8-2-4-13(11(12)15)5-3-10(14)7-9(13)6-8/h3,5,8-9,11,15-16H,2,4,6-7H2,1H3/t8-,9-,11-,12-,13-/m0/s1. The molecule has 4 aliphatic carbocycles. The molecule has 3 heteroatoms. The predicted octanol–water partition coefficient (Wildman–Crippen LogP) is 1.04. The SMILES string of the molecule is C[C@]1(O)[C@H]2CC[C@@]3(C=CC(=O)C[C@@H]3C2)[C@H]1O. The number of hydrogen-bond donors (Lipinski definition) is 2. The number of aliphatic hydroxyl groups is 2. The van der Waals surface area contributed by atoms with Gasteiger partial charge in [0.05, 0.1) is 11.7 Å². The van der Waals surface area contributed by atoms with Gasteiger partial charge in [0.2, 0.25) is 0 Å². The first kappa shape index (κ1) is 10.5. The molecule has 16 heavy (non-hydrogen) atoms. The Morgan fingerprint density at radius 3 is 2.94 bits per heavy atom. The summed E-state index contributed by atoms with van der Waals surface area (Å²) < 4.78 is 0. The first-order chi connectivity index (χ1) is 7.47. The highest BCUT2D eigenvalue weighted by Crippen LogP contribution is 2.60. The Kier molecular flexibility index (Phi) is 1.94. The summed E-state index contributed by atoms with van der Waals surface area (Å²) in [7, 11) is 0. The van der Waals surface area contributed by atoms with Crippen LogP contribution in [-0.4, -0.2) is 27.7 Å². The summed E-state index contributed by atoms with van der Waals surface area (Å²) in [5, 5.41) is 20.8. The molecule has 0 aromatic rings. The van der Waals surface area contributed by atoms with Crippen LogP contribution in [-0.2, 0) is 4.79 Å². The van der Waals surface area contributed by atoms with E-state index in [-0.39, 0.29) is 23.0 Å². The number of hydrogen-bond acceptors (Lipinski definition) is 3. The molecular formula is C13H18O3. The maximum atomic E-state index is 11.4. The average Bonchev–Trinajstić information content (AvgIpc) is 2.25. The third kappa shape index (κ3) is 1.08. The lowest BCUT2D eigenvalue weighted by molar-refractivity contribution is -0.223. The van der Waals surface area contributed by atoms with Crippen molar-refractivity contribution in [1.29, 1.82) is 0 Å². The van der Waals surface area contributed by atoms with E-state index >= 15 is 0 Å². The van der Waals surface area contributed by atoms with E-state index in [1.165, 1.54) is 0 Å². The molecule has 4 aliphatic rings. The molecule has 3 saturated carbocycles. The fourth-order valence-corrected chi connectivity index (χ4v) is 4.11. The van der Waals surface area contributed by atoms with Crippen LogP contribution in [0, 0.1) is 17.3 Å². The summed E-state index contributed by atoms with van der Waals surface area (Å²) in [6.45, 7) is 1.74. The lowest BCUT2D eigenvalue weighted by Crippen LogP contribution is -2.65. The molecule has 0 amide bonds. The van der Waals surface area contributed by atoms with Crippen LogP contribution < -0.4 is 0 Å². The van der Waals surface area contributed by atoms with E-state index in [2.05, 4.69) is 0 Å². The zero-order valence-electron chi connectivity index (χ0n) is 9.52. The number of ketones is 1. The van der Waals surface area contributed by atoms with Crippen LogP contribution in [0.15, 0.2) is 12.2 Å². The van der Waals surface area contributed by atoms with Gasteiger partial charge in [0.15, 0.2) is 5.78 Å². The van der Waals surface area contributed by atoms with Crippen molar-refractivity contribution in [3.8, 4) is 0 Å². The second-order valence-electron chi connectivity index (χ2n) is 5.91. The molecule has 5 atom stereocenters. The van der Waals surface area contributed by atoms with Crippen LogP contribution >= 0.6 is 0 Å². The smallest absolute Gasteiger partial charge is 0.155 e. The van der Waals surface area contributed by atoms with Gasteiger partial charge in [-0.2, -0.15) is 0 Å². The highest BCUT2D eigenvalue weighted by atomic mass is 16.3. The van der Waals surface area contributed by atoms with Crippen LogP contribution in [0.4, 0.5) is 0 Å². The third-order valence-corrected chi connectivity index (χ3v) is 5.17. The summed E-state index contributed by atoms with van der Waals surface area (Å²) in [5.74, 6) is 0.544. The predicted molar refractivity (Wildman–Crippen MR) is 58.7 cm³/mol. The lowest BCUT2D eigenvalue weighted by Gasteiger charge is -2.61. The molecule has 3 nitrogen and oxygen atoms in total. The van der Waals surface area contributed by atoms with Gasteiger partial charge in [-0.25, -0.2) is 0 Å². The number of rotatable bonds is 0. The van der Waals surface area contributed by atoms with Crippen LogP contribution in [0.3, 0.4) is 0 Å². The second kappa shape index (κ2) is 2.96. The lowest BCUT2D eigenvalue weighted by atomic mass is 9.47. The Morgan fingerprint density at radius 2 is 2.19 bits per heavy atom. The third-order valence-electron chi connectivity index (χ3n) is 5.17. The van der Waals surface area contributed by atoms with Crippen molar-refractivity contribution in [1.82, 2.24) is 0 Å². The Hall–Kier alpha value is -0.670. The van der Waals surface area contributed by atoms with E-state index in [0.29, 0.717) is 6.42 Å². The summed E-state index contributed by atoms with van der Waals surface area (Å²) >= 11 is 0. The van der Waals surface area contributed by atoms with Gasteiger partial charge in [-0.05, 0) is 44.1 Å². The zero-order chi connectivity index (χ0) is 11.6. The number of carbonyl (C=O) groups excluding carboxylic acids is 1. The first-order valence-corrected chi connectivity index (χ1v) is 6.09. The van der Waals surface area contributed by atoms with Crippen molar-refractivity contribution in [3.05, 3.63) is 12.2 Å². The molecule has 0 aromatic heterocycles. The quantitative estimate of drug-likeness (QED) is 0.644. The highest BCUT2D eigenvalue weighted by Gasteiger charge is 2.62. The summed E-state index contributed by atoms with van der Waals surface area (Å²) in [6, 6.07) is 0. The van der Waals surface area contributed by atoms with E-state index in [0.717, 1.165) is 19.3 Å². The maximum absolute atomic E-state index is 11.4. The maximum Gasteiger partial charge on any atom is 0.155 e. The number of carbonyl (C=O) groups is 1. The van der Waals surface area contributed by atoms with E-state index in [1.807, 2.05) is 6.08 Å². The molecule has 2 bridgehead atoms. The minimum atomic E-state index is -0.987. The van der Waals surface area contributed by atoms with Gasteiger partial charge < -0.3 is 10.2 Å². The average molecular weight is 222 g/mol. The molecule has 0 heterocycles. The van der Waals surface area contributed by atoms with Crippen LogP contribution in [0.25, 0.3) is 0 Å². The minimum absolute atomic E-state index is 0.147. The molecule has 88 valence electrons. The molecule has 3 fully saturated rings. The molecule has 0 aromatic carbocycles. The normalized spacial score (nSPS) is 55.2. The second-order valence-corrected chi connectivity index (χ2v) is 5.91. The van der Waals surface area contributed by atoms with Crippen molar-refractivity contribution >= 4 is 5.78 Å². The molecule has 0 unspecified atom stereocenters. The molecule has 2 N–H and O–H groups in total. The summed E-state index contributed by atoms with van der Waals surface area (Å²) in [4.78, 5) is 11.4. The number of fused-ring (bicyclic) bond motifs is 2. The first-order valence-electron chi connectivity index (χ1n) is 6.09. The molecule has 0 radical (unpaired) electrons. The van der Waals surface area contributed by atoms with E-state index in [4.69, 9.17) is 0 Å². The van der Waals surface area contributed by atoms with Gasteiger partial charge >= 0.3 is 0 Å². The fourth-order valence-electron chi connectivity index (χ4n) is 4.11.